The van der Waals surface area contributed by atoms with Crippen LogP contribution in [0, 0.1) is 0 Å². The Morgan fingerprint density at radius 2 is 2.00 bits per heavy atom. The highest BCUT2D eigenvalue weighted by Gasteiger charge is 2.17. The summed E-state index contributed by atoms with van der Waals surface area (Å²) < 4.78 is 7.87. The smallest absolute Gasteiger partial charge is 0.226 e. The number of aryl methyl sites for hydroxylation is 1. The highest BCUT2D eigenvalue weighted by atomic mass is 16.4. The van der Waals surface area contributed by atoms with Crippen LogP contribution in [-0.2, 0) is 19.6 Å². The maximum absolute atomic E-state index is 5.89. The summed E-state index contributed by atoms with van der Waals surface area (Å²) in [6.45, 7) is 3.54. The van der Waals surface area contributed by atoms with E-state index in [1.54, 1.807) is 0 Å². The normalized spacial score (nSPS) is 15.5. The van der Waals surface area contributed by atoms with E-state index in [0.717, 1.165) is 49.6 Å². The highest BCUT2D eigenvalue weighted by Crippen LogP contribution is 2.20. The van der Waals surface area contributed by atoms with Crippen LogP contribution in [0.25, 0.3) is 11.5 Å². The molecule has 1 aliphatic rings. The molecule has 22 heavy (non-hydrogen) atoms. The molecule has 0 saturated heterocycles. The van der Waals surface area contributed by atoms with Gasteiger partial charge in [-0.25, -0.2) is 9.67 Å². The molecule has 3 aromatic rings. The second-order valence-corrected chi connectivity index (χ2v) is 5.51. The van der Waals surface area contributed by atoms with Crippen molar-refractivity contribution in [1.82, 2.24) is 24.9 Å². The van der Waals surface area contributed by atoms with E-state index in [-0.39, 0.29) is 0 Å². The summed E-state index contributed by atoms with van der Waals surface area (Å²) in [5.74, 6) is 1.57. The van der Waals surface area contributed by atoms with Gasteiger partial charge >= 0.3 is 0 Å². The second kappa shape index (κ2) is 5.73. The van der Waals surface area contributed by atoms with Gasteiger partial charge < -0.3 is 4.42 Å². The lowest BCUT2D eigenvalue weighted by Crippen LogP contribution is -2.22. The van der Waals surface area contributed by atoms with Gasteiger partial charge in [0.15, 0.2) is 0 Å². The van der Waals surface area contributed by atoms with E-state index < -0.39 is 0 Å². The first-order chi connectivity index (χ1) is 10.9. The molecule has 2 aromatic heterocycles. The van der Waals surface area contributed by atoms with Gasteiger partial charge in [0.1, 0.15) is 5.76 Å². The number of nitrogens with zero attached hydrogens (tertiary/aromatic N) is 5. The Bertz CT molecular complexity index is 749. The molecule has 3 heterocycles. The van der Waals surface area contributed by atoms with E-state index in [1.807, 2.05) is 47.4 Å². The van der Waals surface area contributed by atoms with Crippen molar-refractivity contribution in [2.45, 2.75) is 26.1 Å². The van der Waals surface area contributed by atoms with Crippen LogP contribution in [0.4, 0.5) is 0 Å². The molecule has 1 aliphatic heterocycles. The fraction of sp³-hybridized carbons (Fsp3) is 0.312. The fourth-order valence-electron chi connectivity index (χ4n) is 2.79. The minimum absolute atomic E-state index is 0.678. The number of aromatic nitrogens is 4. The lowest BCUT2D eigenvalue weighted by Gasteiger charge is -2.17. The van der Waals surface area contributed by atoms with Crippen molar-refractivity contribution in [2.24, 2.45) is 0 Å². The molecular weight excluding hydrogens is 278 g/mol. The van der Waals surface area contributed by atoms with Crippen LogP contribution in [-0.4, -0.2) is 31.4 Å². The van der Waals surface area contributed by atoms with E-state index in [9.17, 15) is 0 Å². The van der Waals surface area contributed by atoms with E-state index in [2.05, 4.69) is 20.2 Å². The molecule has 1 aromatic carbocycles. The average molecular weight is 295 g/mol. The maximum atomic E-state index is 5.89. The van der Waals surface area contributed by atoms with Gasteiger partial charge in [-0.3, -0.25) is 4.90 Å². The molecule has 0 spiro atoms. The minimum atomic E-state index is 0.678. The molecule has 0 N–H and O–H groups in total. The van der Waals surface area contributed by atoms with Crippen LogP contribution < -0.4 is 0 Å². The summed E-state index contributed by atoms with van der Waals surface area (Å²) in [5, 5.41) is 8.09. The summed E-state index contributed by atoms with van der Waals surface area (Å²) in [7, 11) is 0. The Balaban J connectivity index is 1.49. The maximum Gasteiger partial charge on any atom is 0.226 e. The van der Waals surface area contributed by atoms with E-state index >= 15 is 0 Å². The predicted octanol–water partition coefficient (Wildman–Crippen LogP) is 2.34. The summed E-state index contributed by atoms with van der Waals surface area (Å²) >= 11 is 0. The molecule has 0 unspecified atom stereocenters. The Morgan fingerprint density at radius 3 is 2.91 bits per heavy atom. The lowest BCUT2D eigenvalue weighted by molar-refractivity contribution is 0.240. The van der Waals surface area contributed by atoms with E-state index in [4.69, 9.17) is 4.42 Å². The van der Waals surface area contributed by atoms with Gasteiger partial charge in [-0.1, -0.05) is 23.4 Å². The monoisotopic (exact) mass is 295 g/mol. The molecule has 0 bridgehead atoms. The van der Waals surface area contributed by atoms with Crippen LogP contribution >= 0.6 is 0 Å². The molecule has 0 fully saturated rings. The Morgan fingerprint density at radius 1 is 1.09 bits per heavy atom. The summed E-state index contributed by atoms with van der Waals surface area (Å²) in [5.41, 5.74) is 2.16. The number of fused-ring (bicyclic) bond motifs is 1. The van der Waals surface area contributed by atoms with Crippen molar-refractivity contribution >= 4 is 0 Å². The zero-order valence-corrected chi connectivity index (χ0v) is 12.2. The standard InChI is InChI=1S/C16H17N5O/c1-2-5-13(6-3-1)16-17-10-15(22-16)12-20-7-4-8-21-14(11-20)9-18-19-21/h1-3,5-6,9-10H,4,7-8,11-12H2. The van der Waals surface area contributed by atoms with Crippen molar-refractivity contribution in [2.75, 3.05) is 6.54 Å². The molecule has 112 valence electrons. The predicted molar refractivity (Wildman–Crippen MR) is 80.7 cm³/mol. The van der Waals surface area contributed by atoms with Gasteiger partial charge in [0.25, 0.3) is 0 Å². The third-order valence-electron chi connectivity index (χ3n) is 3.88. The van der Waals surface area contributed by atoms with Crippen molar-refractivity contribution in [3.05, 3.63) is 54.2 Å². The third kappa shape index (κ3) is 2.65. The van der Waals surface area contributed by atoms with Crippen molar-refractivity contribution < 1.29 is 4.42 Å². The number of benzene rings is 1. The van der Waals surface area contributed by atoms with E-state index in [0.29, 0.717) is 5.89 Å². The van der Waals surface area contributed by atoms with Gasteiger partial charge in [-0.2, -0.15) is 0 Å². The van der Waals surface area contributed by atoms with Crippen molar-refractivity contribution in [1.29, 1.82) is 0 Å². The molecule has 0 amide bonds. The van der Waals surface area contributed by atoms with Gasteiger partial charge in [0.2, 0.25) is 5.89 Å². The van der Waals surface area contributed by atoms with E-state index in [1.165, 1.54) is 0 Å². The molecule has 0 saturated carbocycles. The Labute approximate surface area is 128 Å². The van der Waals surface area contributed by atoms with Gasteiger partial charge in [0.05, 0.1) is 24.6 Å². The van der Waals surface area contributed by atoms with Crippen molar-refractivity contribution in [3.63, 3.8) is 0 Å². The number of rotatable bonds is 3. The quantitative estimate of drug-likeness (QED) is 0.742. The van der Waals surface area contributed by atoms with Crippen LogP contribution in [0.2, 0.25) is 0 Å². The molecule has 0 radical (unpaired) electrons. The van der Waals surface area contributed by atoms with Crippen LogP contribution in [0.1, 0.15) is 17.9 Å². The topological polar surface area (TPSA) is 60.0 Å². The largest absolute Gasteiger partial charge is 0.440 e. The number of oxazole rings is 1. The average Bonchev–Trinajstić information content (AvgIpc) is 3.14. The highest BCUT2D eigenvalue weighted by molar-refractivity contribution is 5.52. The first kappa shape index (κ1) is 13.2. The minimum Gasteiger partial charge on any atom is -0.440 e. The molecule has 0 atom stereocenters. The number of hydrogen-bond acceptors (Lipinski definition) is 5. The van der Waals surface area contributed by atoms with Crippen molar-refractivity contribution in [3.8, 4) is 11.5 Å². The second-order valence-electron chi connectivity index (χ2n) is 5.51. The van der Waals surface area contributed by atoms with Crippen LogP contribution in [0.3, 0.4) is 0 Å². The summed E-state index contributed by atoms with van der Waals surface area (Å²) in [6, 6.07) is 9.98. The molecular formula is C16H17N5O. The fourth-order valence-corrected chi connectivity index (χ4v) is 2.79. The number of hydrogen-bond donors (Lipinski definition) is 0. The SMILES string of the molecule is c1ccc(-c2ncc(CN3CCCn4nncc4C3)o2)cc1. The van der Waals surface area contributed by atoms with Crippen LogP contribution in [0.5, 0.6) is 0 Å². The summed E-state index contributed by atoms with van der Waals surface area (Å²) in [6.07, 6.45) is 4.73. The lowest BCUT2D eigenvalue weighted by atomic mass is 10.2. The zero-order chi connectivity index (χ0) is 14.8. The molecule has 6 heteroatoms. The van der Waals surface area contributed by atoms with Gasteiger partial charge in [0, 0.05) is 25.2 Å². The zero-order valence-electron chi connectivity index (χ0n) is 12.2. The third-order valence-corrected chi connectivity index (χ3v) is 3.88. The summed E-state index contributed by atoms with van der Waals surface area (Å²) in [4.78, 5) is 6.73. The first-order valence-electron chi connectivity index (χ1n) is 7.48. The van der Waals surface area contributed by atoms with Gasteiger partial charge in [-0.15, -0.1) is 5.10 Å². The van der Waals surface area contributed by atoms with Crippen LogP contribution in [0.15, 0.2) is 47.1 Å². The molecule has 0 aliphatic carbocycles. The Hall–Kier alpha value is -2.47. The Kier molecular flexibility index (Phi) is 3.44. The molecule has 4 rings (SSSR count). The molecule has 6 nitrogen and oxygen atoms in total. The first-order valence-corrected chi connectivity index (χ1v) is 7.48. The van der Waals surface area contributed by atoms with Gasteiger partial charge in [-0.05, 0) is 18.6 Å².